The highest BCUT2D eigenvalue weighted by Crippen LogP contribution is 2.27. The zero-order valence-corrected chi connectivity index (χ0v) is 15.1. The second-order valence-corrected chi connectivity index (χ2v) is 7.16. The molecule has 2 saturated heterocycles. The third kappa shape index (κ3) is 2.85. The molecule has 2 atom stereocenters. The first-order valence-electron chi connectivity index (χ1n) is 9.25. The van der Waals surface area contributed by atoms with Gasteiger partial charge >= 0.3 is 0 Å². The van der Waals surface area contributed by atoms with Crippen LogP contribution in [0.3, 0.4) is 0 Å². The number of carbonyl (C=O) groups is 1. The lowest BCUT2D eigenvalue weighted by Gasteiger charge is -2.19. The molecule has 2 aromatic heterocycles. The number of aromatic nitrogens is 3. The van der Waals surface area contributed by atoms with Gasteiger partial charge in [0.05, 0.1) is 42.2 Å². The van der Waals surface area contributed by atoms with E-state index < -0.39 is 0 Å². The molecule has 8 nitrogen and oxygen atoms in total. The molecule has 0 unspecified atom stereocenters. The number of hydrogen-bond donors (Lipinski definition) is 1. The van der Waals surface area contributed by atoms with Crippen LogP contribution in [0.25, 0.3) is 11.0 Å². The Morgan fingerprint density at radius 3 is 2.68 bits per heavy atom. The number of nitrogens with zero attached hydrogens (tertiary/aromatic N) is 4. The Morgan fingerprint density at radius 2 is 1.96 bits per heavy atom. The first-order chi connectivity index (χ1) is 13.7. The summed E-state index contributed by atoms with van der Waals surface area (Å²) in [7, 11) is 0. The molecule has 0 spiro atoms. The van der Waals surface area contributed by atoms with Gasteiger partial charge in [0.1, 0.15) is 24.0 Å². The van der Waals surface area contributed by atoms with Crippen molar-refractivity contribution in [1.29, 1.82) is 5.26 Å². The molecule has 1 amide bonds. The molecule has 142 valence electrons. The quantitative estimate of drug-likeness (QED) is 0.734. The zero-order valence-electron chi connectivity index (χ0n) is 15.1. The average Bonchev–Trinajstić information content (AvgIpc) is 3.44. The number of ether oxygens (including phenoxy) is 2. The number of benzene rings is 1. The summed E-state index contributed by atoms with van der Waals surface area (Å²) in [6.07, 6.45) is 3.05. The summed E-state index contributed by atoms with van der Waals surface area (Å²) in [5, 5.41) is 8.93. The summed E-state index contributed by atoms with van der Waals surface area (Å²) in [5.74, 6) is -0.140. The van der Waals surface area contributed by atoms with E-state index in [9.17, 15) is 4.79 Å². The summed E-state index contributed by atoms with van der Waals surface area (Å²) >= 11 is 0. The largest absolute Gasteiger partial charge is 0.371 e. The monoisotopic (exact) mass is 377 g/mol. The van der Waals surface area contributed by atoms with Crippen molar-refractivity contribution in [2.75, 3.05) is 26.3 Å². The van der Waals surface area contributed by atoms with Crippen molar-refractivity contribution in [2.45, 2.75) is 18.2 Å². The summed E-state index contributed by atoms with van der Waals surface area (Å²) in [6, 6.07) is 11.6. The topological polar surface area (TPSA) is 96.2 Å². The number of para-hydroxylation sites is 2. The summed E-state index contributed by atoms with van der Waals surface area (Å²) in [5.41, 5.74) is 2.87. The number of carbonyl (C=O) groups excluding carboxylic acids is 1. The van der Waals surface area contributed by atoms with E-state index in [-0.39, 0.29) is 24.2 Å². The molecule has 28 heavy (non-hydrogen) atoms. The Hall–Kier alpha value is -3.15. The Balaban J connectivity index is 1.28. The number of rotatable bonds is 2. The fourth-order valence-corrected chi connectivity index (χ4v) is 3.93. The molecule has 2 aliphatic heterocycles. The smallest absolute Gasteiger partial charge is 0.270 e. The minimum absolute atomic E-state index is 0.0451. The van der Waals surface area contributed by atoms with Crippen LogP contribution in [0.1, 0.15) is 22.1 Å². The lowest BCUT2D eigenvalue weighted by molar-refractivity contribution is -0.00461. The van der Waals surface area contributed by atoms with Crippen LogP contribution in [-0.2, 0) is 9.47 Å². The van der Waals surface area contributed by atoms with Crippen molar-refractivity contribution >= 4 is 16.9 Å². The van der Waals surface area contributed by atoms with Gasteiger partial charge in [-0.05, 0) is 18.2 Å². The van der Waals surface area contributed by atoms with Crippen LogP contribution in [0, 0.1) is 11.3 Å². The van der Waals surface area contributed by atoms with Crippen LogP contribution in [0.15, 0.2) is 42.9 Å². The predicted molar refractivity (Wildman–Crippen MR) is 99.7 cm³/mol. The zero-order chi connectivity index (χ0) is 19.1. The van der Waals surface area contributed by atoms with Gasteiger partial charge in [0.2, 0.25) is 0 Å². The van der Waals surface area contributed by atoms with E-state index >= 15 is 0 Å². The molecule has 2 fully saturated rings. The lowest BCUT2D eigenvalue weighted by Crippen LogP contribution is -2.31. The molecule has 2 aliphatic rings. The molecule has 1 N–H and O–H groups in total. The number of hydrogen-bond acceptors (Lipinski definition) is 5. The van der Waals surface area contributed by atoms with Crippen molar-refractivity contribution < 1.29 is 14.3 Å². The molecule has 4 heterocycles. The summed E-state index contributed by atoms with van der Waals surface area (Å²) in [6.45, 7) is 1.96. The third-order valence-corrected chi connectivity index (χ3v) is 5.42. The number of amides is 1. The molecule has 5 rings (SSSR count). The number of nitriles is 1. The van der Waals surface area contributed by atoms with Crippen LogP contribution < -0.4 is 0 Å². The van der Waals surface area contributed by atoms with E-state index in [0.717, 1.165) is 11.0 Å². The second kappa shape index (κ2) is 6.78. The Morgan fingerprint density at radius 1 is 1.21 bits per heavy atom. The SMILES string of the molecule is N#Cc1c[nH]c(C(=O)N2C[C@@H]3OCC(n4cnc5ccccc54)CO[C@H]3C2)c1. The van der Waals surface area contributed by atoms with Gasteiger partial charge in [0.15, 0.2) is 0 Å². The number of likely N-dealkylation sites (tertiary alicyclic amines) is 1. The first kappa shape index (κ1) is 17.0. The number of fused-ring (bicyclic) bond motifs is 2. The molecular weight excluding hydrogens is 358 g/mol. The van der Waals surface area contributed by atoms with Crippen molar-refractivity contribution in [2.24, 2.45) is 0 Å². The van der Waals surface area contributed by atoms with E-state index in [4.69, 9.17) is 14.7 Å². The molecule has 0 radical (unpaired) electrons. The van der Waals surface area contributed by atoms with Gasteiger partial charge in [-0.25, -0.2) is 4.98 Å². The Kier molecular flexibility index (Phi) is 4.11. The number of H-pyrrole nitrogens is 1. The van der Waals surface area contributed by atoms with Gasteiger partial charge in [-0.2, -0.15) is 5.26 Å². The maximum Gasteiger partial charge on any atom is 0.270 e. The summed E-state index contributed by atoms with van der Waals surface area (Å²) < 4.78 is 14.3. The highest BCUT2D eigenvalue weighted by atomic mass is 16.6. The van der Waals surface area contributed by atoms with Gasteiger partial charge in [0, 0.05) is 19.3 Å². The van der Waals surface area contributed by atoms with Gasteiger partial charge in [-0.3, -0.25) is 4.79 Å². The van der Waals surface area contributed by atoms with Gasteiger partial charge in [0.25, 0.3) is 5.91 Å². The lowest BCUT2D eigenvalue weighted by atomic mass is 10.2. The standard InChI is InChI=1S/C20H19N5O3/c21-6-13-5-16(22-7-13)20(26)24-8-18-19(9-24)28-11-14(10-27-18)25-12-23-15-3-1-2-4-17(15)25/h1-5,7,12,14,18-19,22H,8-11H2/t18-,19-/m0/s1. The normalized spacial score (nSPS) is 22.8. The van der Waals surface area contributed by atoms with Gasteiger partial charge < -0.3 is 23.9 Å². The molecule has 0 saturated carbocycles. The molecule has 8 heteroatoms. The maximum absolute atomic E-state index is 12.7. The predicted octanol–water partition coefficient (Wildman–Crippen LogP) is 1.72. The Labute approximate surface area is 161 Å². The fraction of sp³-hybridized carbons (Fsp3) is 0.350. The highest BCUT2D eigenvalue weighted by Gasteiger charge is 2.40. The third-order valence-electron chi connectivity index (χ3n) is 5.42. The molecule has 1 aromatic carbocycles. The van der Waals surface area contributed by atoms with Crippen LogP contribution in [0.4, 0.5) is 0 Å². The van der Waals surface area contributed by atoms with Gasteiger partial charge in [-0.1, -0.05) is 12.1 Å². The Bertz CT molecular complexity index is 1050. The number of aromatic amines is 1. The fourth-order valence-electron chi connectivity index (χ4n) is 3.93. The van der Waals surface area contributed by atoms with Crippen LogP contribution in [0.2, 0.25) is 0 Å². The maximum atomic E-state index is 12.7. The van der Waals surface area contributed by atoms with E-state index in [0.29, 0.717) is 37.6 Å². The van der Waals surface area contributed by atoms with Crippen molar-refractivity contribution in [3.63, 3.8) is 0 Å². The van der Waals surface area contributed by atoms with E-state index in [2.05, 4.69) is 14.5 Å². The van der Waals surface area contributed by atoms with E-state index in [1.165, 1.54) is 6.20 Å². The average molecular weight is 377 g/mol. The van der Waals surface area contributed by atoms with E-state index in [1.807, 2.05) is 36.7 Å². The minimum Gasteiger partial charge on any atom is -0.371 e. The van der Waals surface area contributed by atoms with Crippen molar-refractivity contribution in [3.05, 3.63) is 54.1 Å². The van der Waals surface area contributed by atoms with Crippen molar-refractivity contribution in [3.8, 4) is 6.07 Å². The second-order valence-electron chi connectivity index (χ2n) is 7.16. The first-order valence-corrected chi connectivity index (χ1v) is 9.25. The molecule has 3 aromatic rings. The van der Waals surface area contributed by atoms with Crippen molar-refractivity contribution in [1.82, 2.24) is 19.4 Å². The molecule has 0 bridgehead atoms. The van der Waals surface area contributed by atoms with Crippen LogP contribution in [-0.4, -0.2) is 63.9 Å². The minimum atomic E-state index is -0.158. The van der Waals surface area contributed by atoms with Crippen LogP contribution in [0.5, 0.6) is 0 Å². The number of nitrogens with one attached hydrogen (secondary N) is 1. The van der Waals surface area contributed by atoms with Crippen LogP contribution >= 0.6 is 0 Å². The molecular formula is C20H19N5O3. The molecule has 0 aliphatic carbocycles. The summed E-state index contributed by atoms with van der Waals surface area (Å²) in [4.78, 5) is 21.7. The van der Waals surface area contributed by atoms with E-state index in [1.54, 1.807) is 11.0 Å². The number of imidazole rings is 1. The van der Waals surface area contributed by atoms with Gasteiger partial charge in [-0.15, -0.1) is 0 Å². The highest BCUT2D eigenvalue weighted by molar-refractivity contribution is 5.93.